The number of Topliss-reactive ketones (excluding diaryl/α,β-unsaturated/α-hetero) is 1. The van der Waals surface area contributed by atoms with Gasteiger partial charge in [0.15, 0.2) is 5.78 Å². The zero-order valence-electron chi connectivity index (χ0n) is 17.8. The van der Waals surface area contributed by atoms with E-state index in [0.29, 0.717) is 11.3 Å². The number of carbonyl (C=O) groups is 1. The van der Waals surface area contributed by atoms with E-state index in [1.54, 1.807) is 6.07 Å². The summed E-state index contributed by atoms with van der Waals surface area (Å²) >= 11 is 0. The number of aromatic hydroxyl groups is 1. The first kappa shape index (κ1) is 20.4. The number of phenols is 1. The highest BCUT2D eigenvalue weighted by atomic mass is 16.3. The minimum absolute atomic E-state index is 0.0510. The van der Waals surface area contributed by atoms with E-state index < -0.39 is 0 Å². The maximum Gasteiger partial charge on any atom is 0.194 e. The van der Waals surface area contributed by atoms with E-state index in [1.165, 1.54) is 32.1 Å². The lowest BCUT2D eigenvalue weighted by Gasteiger charge is -2.18. The molecule has 0 aromatic heterocycles. The number of fused-ring (bicyclic) bond motifs is 3. The van der Waals surface area contributed by atoms with Crippen molar-refractivity contribution in [1.82, 2.24) is 0 Å². The van der Waals surface area contributed by atoms with Crippen LogP contribution < -0.4 is 0 Å². The standard InChI is InChI=1S/C28H30O2/c1-2-3-4-5-6-7-8-14-24-22(15-11-16-27(24)29)25-18-17-23-21-13-10-9-12-20(21)19-26(23)28(25)30/h9-13,15-19,29H,2-8,14H2,1H3. The average molecular weight is 399 g/mol. The zero-order chi connectivity index (χ0) is 20.9. The molecule has 30 heavy (non-hydrogen) atoms. The van der Waals surface area contributed by atoms with Crippen molar-refractivity contribution in [3.63, 3.8) is 0 Å². The maximum atomic E-state index is 13.4. The van der Waals surface area contributed by atoms with Crippen LogP contribution in [0.4, 0.5) is 0 Å². The third-order valence-corrected chi connectivity index (χ3v) is 6.22. The van der Waals surface area contributed by atoms with Crippen LogP contribution in [0.5, 0.6) is 5.75 Å². The number of hydrogen-bond acceptors (Lipinski definition) is 2. The molecule has 2 nitrogen and oxygen atoms in total. The predicted molar refractivity (Wildman–Crippen MR) is 125 cm³/mol. The lowest BCUT2D eigenvalue weighted by Crippen LogP contribution is -2.10. The summed E-state index contributed by atoms with van der Waals surface area (Å²) in [5.41, 5.74) is 6.45. The summed E-state index contributed by atoms with van der Waals surface area (Å²) in [6.07, 6.45) is 15.4. The van der Waals surface area contributed by atoms with Crippen LogP contribution in [-0.2, 0) is 11.2 Å². The molecular weight excluding hydrogens is 368 g/mol. The van der Waals surface area contributed by atoms with Gasteiger partial charge < -0.3 is 5.11 Å². The average Bonchev–Trinajstić information content (AvgIpc) is 3.14. The number of allylic oxidation sites excluding steroid dienone is 5. The molecule has 0 bridgehead atoms. The Morgan fingerprint density at radius 2 is 1.43 bits per heavy atom. The molecule has 0 aliphatic heterocycles. The Morgan fingerprint density at radius 1 is 0.733 bits per heavy atom. The SMILES string of the molecule is CCCCCCCCCc1c(O)cccc1C1=CC=C2C(=Cc3ccccc32)C1=O. The fraction of sp³-hybridized carbons (Fsp3) is 0.321. The molecule has 2 aliphatic rings. The molecule has 2 aliphatic carbocycles. The number of ketones is 1. The molecule has 0 amide bonds. The van der Waals surface area contributed by atoms with E-state index in [1.807, 2.05) is 36.4 Å². The Kier molecular flexibility index (Phi) is 6.32. The second-order valence-electron chi connectivity index (χ2n) is 8.31. The van der Waals surface area contributed by atoms with Crippen molar-refractivity contribution in [1.29, 1.82) is 0 Å². The van der Waals surface area contributed by atoms with Crippen LogP contribution in [0.15, 0.2) is 60.2 Å². The second-order valence-corrected chi connectivity index (χ2v) is 8.31. The van der Waals surface area contributed by atoms with E-state index >= 15 is 0 Å². The summed E-state index contributed by atoms with van der Waals surface area (Å²) < 4.78 is 0. The number of benzene rings is 2. The molecule has 0 saturated heterocycles. The number of hydrogen-bond donors (Lipinski definition) is 1. The molecule has 0 radical (unpaired) electrons. The van der Waals surface area contributed by atoms with Crippen LogP contribution >= 0.6 is 0 Å². The first-order chi connectivity index (χ1) is 14.7. The number of phenolic OH excluding ortho intramolecular Hbond substituents is 1. The first-order valence-corrected chi connectivity index (χ1v) is 11.3. The van der Waals surface area contributed by atoms with Crippen molar-refractivity contribution in [2.24, 2.45) is 0 Å². The van der Waals surface area contributed by atoms with E-state index in [-0.39, 0.29) is 5.78 Å². The minimum atomic E-state index is 0.0510. The minimum Gasteiger partial charge on any atom is -0.508 e. The molecule has 2 heteroatoms. The van der Waals surface area contributed by atoms with Crippen LogP contribution in [0.1, 0.15) is 74.1 Å². The summed E-state index contributed by atoms with van der Waals surface area (Å²) in [5.74, 6) is 0.348. The smallest absolute Gasteiger partial charge is 0.194 e. The second kappa shape index (κ2) is 9.30. The van der Waals surface area contributed by atoms with Gasteiger partial charge in [0.2, 0.25) is 0 Å². The van der Waals surface area contributed by atoms with Crippen molar-refractivity contribution < 1.29 is 9.90 Å². The van der Waals surface area contributed by atoms with Crippen LogP contribution in [-0.4, -0.2) is 10.9 Å². The van der Waals surface area contributed by atoms with Crippen LogP contribution in [0.25, 0.3) is 17.2 Å². The van der Waals surface area contributed by atoms with Gasteiger partial charge in [0.05, 0.1) is 0 Å². The Hall–Kier alpha value is -2.87. The number of rotatable bonds is 9. The highest BCUT2D eigenvalue weighted by Gasteiger charge is 2.30. The molecule has 0 fully saturated rings. The number of carbonyl (C=O) groups excluding carboxylic acids is 1. The molecule has 0 unspecified atom stereocenters. The molecule has 1 N–H and O–H groups in total. The Bertz CT molecular complexity index is 1040. The Labute approximate surface area is 179 Å². The van der Waals surface area contributed by atoms with Gasteiger partial charge in [-0.05, 0) is 53.3 Å². The normalized spacial score (nSPS) is 14.7. The van der Waals surface area contributed by atoms with Gasteiger partial charge in [0.25, 0.3) is 0 Å². The fourth-order valence-corrected chi connectivity index (χ4v) is 4.56. The Morgan fingerprint density at radius 3 is 2.27 bits per heavy atom. The van der Waals surface area contributed by atoms with E-state index in [0.717, 1.165) is 52.7 Å². The fourth-order valence-electron chi connectivity index (χ4n) is 4.56. The highest BCUT2D eigenvalue weighted by Crippen LogP contribution is 2.42. The van der Waals surface area contributed by atoms with Gasteiger partial charge in [-0.2, -0.15) is 0 Å². The van der Waals surface area contributed by atoms with Gasteiger partial charge in [-0.1, -0.05) is 87.9 Å². The van der Waals surface area contributed by atoms with E-state index in [9.17, 15) is 9.90 Å². The summed E-state index contributed by atoms with van der Waals surface area (Å²) in [5, 5.41) is 10.5. The third kappa shape index (κ3) is 4.05. The van der Waals surface area contributed by atoms with Crippen molar-refractivity contribution >= 4 is 23.0 Å². The topological polar surface area (TPSA) is 37.3 Å². The van der Waals surface area contributed by atoms with E-state index in [4.69, 9.17) is 0 Å². The van der Waals surface area contributed by atoms with Crippen molar-refractivity contribution in [2.45, 2.75) is 58.3 Å². The first-order valence-electron chi connectivity index (χ1n) is 11.3. The van der Waals surface area contributed by atoms with Gasteiger partial charge in [-0.25, -0.2) is 0 Å². The van der Waals surface area contributed by atoms with Gasteiger partial charge >= 0.3 is 0 Å². The van der Waals surface area contributed by atoms with Gasteiger partial charge in [-0.3, -0.25) is 4.79 Å². The van der Waals surface area contributed by atoms with Crippen LogP contribution in [0.2, 0.25) is 0 Å². The molecule has 0 spiro atoms. The molecule has 0 heterocycles. The van der Waals surface area contributed by atoms with Gasteiger partial charge in [-0.15, -0.1) is 0 Å². The summed E-state index contributed by atoms with van der Waals surface area (Å²) in [4.78, 5) is 13.4. The van der Waals surface area contributed by atoms with Gasteiger partial charge in [0.1, 0.15) is 5.75 Å². The van der Waals surface area contributed by atoms with Gasteiger partial charge in [0, 0.05) is 16.7 Å². The summed E-state index contributed by atoms with van der Waals surface area (Å²) in [7, 11) is 0. The predicted octanol–water partition coefficient (Wildman–Crippen LogP) is 7.13. The number of unbranched alkanes of at least 4 members (excludes halogenated alkanes) is 6. The maximum absolute atomic E-state index is 13.4. The monoisotopic (exact) mass is 398 g/mol. The lowest BCUT2D eigenvalue weighted by molar-refractivity contribution is -0.110. The molecular formula is C28H30O2. The summed E-state index contributed by atoms with van der Waals surface area (Å²) in [6, 6.07) is 13.7. The van der Waals surface area contributed by atoms with Crippen molar-refractivity contribution in [2.75, 3.05) is 0 Å². The molecule has 0 atom stereocenters. The highest BCUT2D eigenvalue weighted by molar-refractivity contribution is 6.38. The molecule has 2 aromatic carbocycles. The summed E-state index contributed by atoms with van der Waals surface area (Å²) in [6.45, 7) is 2.24. The largest absolute Gasteiger partial charge is 0.508 e. The van der Waals surface area contributed by atoms with Crippen molar-refractivity contribution in [3.8, 4) is 5.75 Å². The van der Waals surface area contributed by atoms with Crippen LogP contribution in [0, 0.1) is 0 Å². The Balaban J connectivity index is 1.53. The zero-order valence-corrected chi connectivity index (χ0v) is 17.8. The van der Waals surface area contributed by atoms with Crippen molar-refractivity contribution in [3.05, 3.63) is 82.4 Å². The van der Waals surface area contributed by atoms with Crippen LogP contribution in [0.3, 0.4) is 0 Å². The lowest BCUT2D eigenvalue weighted by atomic mass is 9.85. The molecule has 2 aromatic rings. The quantitative estimate of drug-likeness (QED) is 0.456. The van der Waals surface area contributed by atoms with E-state index in [2.05, 4.69) is 25.1 Å². The molecule has 154 valence electrons. The third-order valence-electron chi connectivity index (χ3n) is 6.22. The molecule has 4 rings (SSSR count). The molecule has 0 saturated carbocycles.